The molecule has 0 bridgehead atoms. The highest BCUT2D eigenvalue weighted by atomic mass is 32.2. The molecule has 1 heterocycles. The van der Waals surface area contributed by atoms with Gasteiger partial charge in [-0.15, -0.1) is 0 Å². The first-order valence-electron chi connectivity index (χ1n) is 8.09. The number of benzene rings is 2. The van der Waals surface area contributed by atoms with Crippen molar-refractivity contribution >= 4 is 26.5 Å². The Morgan fingerprint density at radius 3 is 2.08 bits per heavy atom. The molecular formula is C20H21N2O2S. The van der Waals surface area contributed by atoms with Gasteiger partial charge in [-0.1, -0.05) is 24.3 Å². The van der Waals surface area contributed by atoms with E-state index in [1.165, 1.54) is 6.20 Å². The van der Waals surface area contributed by atoms with Crippen LogP contribution in [0, 0.1) is 40.8 Å². The van der Waals surface area contributed by atoms with Crippen LogP contribution in [0.1, 0.15) is 27.8 Å². The maximum atomic E-state index is 13.2. The van der Waals surface area contributed by atoms with E-state index in [4.69, 9.17) is 0 Å². The van der Waals surface area contributed by atoms with Gasteiger partial charge in [0.15, 0.2) is 0 Å². The predicted octanol–water partition coefficient (Wildman–Crippen LogP) is 4.38. The summed E-state index contributed by atoms with van der Waals surface area (Å²) in [6.07, 6.45) is 4.38. The molecule has 0 saturated carbocycles. The molecule has 0 unspecified atom stereocenters. The molecule has 2 aromatic carbocycles. The standard InChI is InChI=1S/C20H21N2O2S/c1-12-13(2)15(4)20(16(5)14(12)3)25(23,24)22-19-11-21-10-17-8-6-7-9-18(17)19/h6-9,11,22H,1-5H3. The van der Waals surface area contributed by atoms with Crippen molar-refractivity contribution in [2.45, 2.75) is 39.5 Å². The van der Waals surface area contributed by atoms with Crippen LogP contribution in [-0.4, -0.2) is 13.4 Å². The molecule has 5 heteroatoms. The van der Waals surface area contributed by atoms with E-state index < -0.39 is 10.0 Å². The third-order valence-electron chi connectivity index (χ3n) is 5.04. The van der Waals surface area contributed by atoms with Crippen molar-refractivity contribution in [3.05, 3.63) is 64.5 Å². The molecule has 3 aromatic rings. The molecule has 0 aliphatic carbocycles. The minimum absolute atomic E-state index is 0.352. The summed E-state index contributed by atoms with van der Waals surface area (Å²) in [5.74, 6) is 0. The molecule has 1 N–H and O–H groups in total. The smallest absolute Gasteiger partial charge is 0.262 e. The molecule has 3 rings (SSSR count). The fourth-order valence-corrected chi connectivity index (χ4v) is 4.86. The van der Waals surface area contributed by atoms with Gasteiger partial charge in [0.05, 0.1) is 23.0 Å². The van der Waals surface area contributed by atoms with Crippen molar-refractivity contribution in [3.63, 3.8) is 0 Å². The number of hydrogen-bond donors (Lipinski definition) is 1. The number of rotatable bonds is 3. The van der Waals surface area contributed by atoms with Crippen LogP contribution in [-0.2, 0) is 10.0 Å². The van der Waals surface area contributed by atoms with Crippen molar-refractivity contribution in [3.8, 4) is 0 Å². The van der Waals surface area contributed by atoms with E-state index in [2.05, 4.69) is 15.9 Å². The molecular weight excluding hydrogens is 332 g/mol. The second-order valence-electron chi connectivity index (χ2n) is 6.39. The van der Waals surface area contributed by atoms with Gasteiger partial charge in [0.2, 0.25) is 0 Å². The molecule has 0 aliphatic heterocycles. The average Bonchev–Trinajstić information content (AvgIpc) is 2.58. The Bertz CT molecular complexity index is 1050. The van der Waals surface area contributed by atoms with Gasteiger partial charge < -0.3 is 0 Å². The van der Waals surface area contributed by atoms with Crippen LogP contribution < -0.4 is 4.72 Å². The van der Waals surface area contributed by atoms with Crippen molar-refractivity contribution in [2.24, 2.45) is 0 Å². The van der Waals surface area contributed by atoms with Crippen LogP contribution in [0.15, 0.2) is 35.4 Å². The number of aromatic nitrogens is 1. The first-order valence-corrected chi connectivity index (χ1v) is 9.57. The van der Waals surface area contributed by atoms with Crippen molar-refractivity contribution in [1.29, 1.82) is 0 Å². The highest BCUT2D eigenvalue weighted by Crippen LogP contribution is 2.32. The Morgan fingerprint density at radius 1 is 0.880 bits per heavy atom. The second-order valence-corrected chi connectivity index (χ2v) is 8.01. The van der Waals surface area contributed by atoms with Crippen molar-refractivity contribution < 1.29 is 8.42 Å². The average molecular weight is 353 g/mol. The lowest BCUT2D eigenvalue weighted by Gasteiger charge is -2.19. The largest absolute Gasteiger partial charge is 0.277 e. The van der Waals surface area contributed by atoms with E-state index in [0.29, 0.717) is 10.6 Å². The predicted molar refractivity (Wildman–Crippen MR) is 102 cm³/mol. The molecule has 1 radical (unpaired) electrons. The number of hydrogen-bond acceptors (Lipinski definition) is 3. The van der Waals surface area contributed by atoms with E-state index in [1.54, 1.807) is 0 Å². The monoisotopic (exact) mass is 353 g/mol. The van der Waals surface area contributed by atoms with Gasteiger partial charge in [-0.2, -0.15) is 0 Å². The first kappa shape index (κ1) is 17.4. The summed E-state index contributed by atoms with van der Waals surface area (Å²) in [5.41, 5.74) is 5.18. The maximum absolute atomic E-state index is 13.2. The summed E-state index contributed by atoms with van der Waals surface area (Å²) in [6.45, 7) is 9.67. The molecule has 0 spiro atoms. The second kappa shape index (κ2) is 6.15. The van der Waals surface area contributed by atoms with Crippen molar-refractivity contribution in [2.75, 3.05) is 4.72 Å². The lowest BCUT2D eigenvalue weighted by molar-refractivity contribution is 0.599. The minimum atomic E-state index is -3.73. The fraction of sp³-hybridized carbons (Fsp3) is 0.250. The van der Waals surface area contributed by atoms with Crippen LogP contribution >= 0.6 is 0 Å². The van der Waals surface area contributed by atoms with Gasteiger partial charge >= 0.3 is 0 Å². The SMILES string of the molecule is Cc1c(C)c(C)c(S(=O)(=O)Nc2cn[c]c3ccccc23)c(C)c1C. The van der Waals surface area contributed by atoms with E-state index >= 15 is 0 Å². The molecule has 0 aliphatic rings. The molecule has 1 aromatic heterocycles. The molecule has 0 amide bonds. The van der Waals surface area contributed by atoms with Gasteiger partial charge in [-0.25, -0.2) is 8.42 Å². The summed E-state index contributed by atoms with van der Waals surface area (Å²) in [7, 11) is -3.73. The number of sulfonamides is 1. The van der Waals surface area contributed by atoms with Gasteiger partial charge in [0, 0.05) is 10.8 Å². The number of pyridine rings is 1. The number of nitrogens with one attached hydrogen (secondary N) is 1. The molecule has 25 heavy (non-hydrogen) atoms. The quantitative estimate of drug-likeness (QED) is 0.760. The van der Waals surface area contributed by atoms with E-state index in [1.807, 2.05) is 58.9 Å². The Labute approximate surface area is 149 Å². The summed E-state index contributed by atoms with van der Waals surface area (Å²) in [4.78, 5) is 4.38. The highest BCUT2D eigenvalue weighted by molar-refractivity contribution is 7.92. The Kier molecular flexibility index (Phi) is 4.29. The summed E-state index contributed by atoms with van der Waals surface area (Å²) < 4.78 is 29.0. The topological polar surface area (TPSA) is 59.1 Å². The summed E-state index contributed by atoms with van der Waals surface area (Å²) in [5, 5.41) is 1.55. The molecule has 4 nitrogen and oxygen atoms in total. The minimum Gasteiger partial charge on any atom is -0.277 e. The Morgan fingerprint density at radius 2 is 1.44 bits per heavy atom. The van der Waals surface area contributed by atoms with Gasteiger partial charge in [0.1, 0.15) is 0 Å². The summed E-state index contributed by atoms with van der Waals surface area (Å²) >= 11 is 0. The van der Waals surface area contributed by atoms with E-state index in [-0.39, 0.29) is 0 Å². The maximum Gasteiger partial charge on any atom is 0.262 e. The van der Waals surface area contributed by atoms with Gasteiger partial charge in [-0.3, -0.25) is 9.71 Å². The van der Waals surface area contributed by atoms with Crippen molar-refractivity contribution in [1.82, 2.24) is 4.98 Å². The van der Waals surface area contributed by atoms with Gasteiger partial charge in [0.25, 0.3) is 10.0 Å². The Hall–Kier alpha value is -2.40. The lowest BCUT2D eigenvalue weighted by atomic mass is 9.95. The summed E-state index contributed by atoms with van der Waals surface area (Å²) in [6, 6.07) is 7.46. The zero-order valence-electron chi connectivity index (χ0n) is 15.1. The fourth-order valence-electron chi connectivity index (χ4n) is 3.20. The molecule has 0 saturated heterocycles. The lowest BCUT2D eigenvalue weighted by Crippen LogP contribution is -2.18. The number of anilines is 1. The van der Waals surface area contributed by atoms with Crippen LogP contribution in [0.25, 0.3) is 10.8 Å². The third kappa shape index (κ3) is 2.89. The number of nitrogens with zero attached hydrogens (tertiary/aromatic N) is 1. The van der Waals surface area contributed by atoms with E-state index in [0.717, 1.165) is 38.6 Å². The Balaban J connectivity index is 2.19. The number of fused-ring (bicyclic) bond motifs is 1. The van der Waals surface area contributed by atoms with Crippen LogP contribution in [0.4, 0.5) is 5.69 Å². The molecule has 0 fully saturated rings. The zero-order chi connectivity index (χ0) is 18.4. The molecule has 0 atom stereocenters. The molecule has 129 valence electrons. The van der Waals surface area contributed by atoms with Crippen LogP contribution in [0.2, 0.25) is 0 Å². The third-order valence-corrected chi connectivity index (χ3v) is 6.68. The van der Waals surface area contributed by atoms with Gasteiger partial charge in [-0.05, 0) is 62.4 Å². The normalized spacial score (nSPS) is 11.7. The highest BCUT2D eigenvalue weighted by Gasteiger charge is 2.24. The first-order chi connectivity index (χ1) is 11.7. The van der Waals surface area contributed by atoms with Crippen LogP contribution in [0.3, 0.4) is 0 Å². The zero-order valence-corrected chi connectivity index (χ0v) is 15.9. The van der Waals surface area contributed by atoms with E-state index in [9.17, 15) is 8.42 Å². The van der Waals surface area contributed by atoms with Crippen LogP contribution in [0.5, 0.6) is 0 Å².